The highest BCUT2D eigenvalue weighted by molar-refractivity contribution is 5.89. The maximum atomic E-state index is 12.9. The first kappa shape index (κ1) is 18.3. The van der Waals surface area contributed by atoms with Crippen molar-refractivity contribution >= 4 is 11.7 Å². The smallest absolute Gasteiger partial charge is 0.319 e. The van der Waals surface area contributed by atoms with Crippen LogP contribution in [0.3, 0.4) is 0 Å². The second-order valence-corrected chi connectivity index (χ2v) is 7.65. The first-order valence-corrected chi connectivity index (χ1v) is 8.77. The van der Waals surface area contributed by atoms with Crippen molar-refractivity contribution in [2.45, 2.75) is 45.3 Å². The highest BCUT2D eigenvalue weighted by Crippen LogP contribution is 2.16. The van der Waals surface area contributed by atoms with Crippen molar-refractivity contribution in [3.05, 3.63) is 42.0 Å². The first-order chi connectivity index (χ1) is 12.3. The monoisotopic (exact) mass is 360 g/mol. The summed E-state index contributed by atoms with van der Waals surface area (Å²) in [6.45, 7) is 8.62. The molecule has 0 radical (unpaired) electrons. The molecule has 1 aliphatic rings. The van der Waals surface area contributed by atoms with Crippen LogP contribution in [0.15, 0.2) is 30.5 Å². The van der Waals surface area contributed by atoms with Crippen LogP contribution in [0.25, 0.3) is 0 Å². The maximum absolute atomic E-state index is 12.9. The van der Waals surface area contributed by atoms with E-state index in [0.717, 1.165) is 25.2 Å². The number of amides is 2. The van der Waals surface area contributed by atoms with Crippen molar-refractivity contribution < 1.29 is 9.18 Å². The highest BCUT2D eigenvalue weighted by Gasteiger charge is 2.25. The van der Waals surface area contributed by atoms with Crippen molar-refractivity contribution in [1.29, 1.82) is 0 Å². The van der Waals surface area contributed by atoms with Gasteiger partial charge in [0.1, 0.15) is 5.82 Å². The molecule has 1 unspecified atom stereocenters. The van der Waals surface area contributed by atoms with Crippen molar-refractivity contribution in [2.24, 2.45) is 0 Å². The summed E-state index contributed by atoms with van der Waals surface area (Å²) < 4.78 is 14.8. The molecule has 2 amide bonds. The lowest BCUT2D eigenvalue weighted by Crippen LogP contribution is -2.39. The van der Waals surface area contributed by atoms with Crippen LogP contribution in [0.5, 0.6) is 0 Å². The summed E-state index contributed by atoms with van der Waals surface area (Å²) in [5.74, 6) is -0.328. The van der Waals surface area contributed by atoms with Crippen molar-refractivity contribution in [3.63, 3.8) is 0 Å². The van der Waals surface area contributed by atoms with Crippen LogP contribution in [0.2, 0.25) is 0 Å². The number of carbonyl (C=O) groups is 1. The number of likely N-dealkylation sites (tertiary alicyclic amines) is 1. The van der Waals surface area contributed by atoms with E-state index in [0.29, 0.717) is 12.2 Å². The number of hydrogen-bond donors (Lipinski definition) is 2. The van der Waals surface area contributed by atoms with Crippen molar-refractivity contribution in [3.8, 4) is 0 Å². The predicted octanol–water partition coefficient (Wildman–Crippen LogP) is 2.57. The lowest BCUT2D eigenvalue weighted by Gasteiger charge is -2.18. The molecule has 2 heterocycles. The van der Waals surface area contributed by atoms with Gasteiger partial charge in [-0.25, -0.2) is 13.9 Å². The summed E-state index contributed by atoms with van der Waals surface area (Å²) in [5, 5.41) is 14.1. The Morgan fingerprint density at radius 1 is 1.31 bits per heavy atom. The van der Waals surface area contributed by atoms with E-state index in [1.165, 1.54) is 24.3 Å². The summed E-state index contributed by atoms with van der Waals surface area (Å²) >= 11 is 0. The number of aromatic nitrogens is 3. The zero-order valence-electron chi connectivity index (χ0n) is 15.4. The van der Waals surface area contributed by atoms with E-state index in [1.54, 1.807) is 0 Å². The second-order valence-electron chi connectivity index (χ2n) is 7.65. The third-order valence-electron chi connectivity index (χ3n) is 4.32. The van der Waals surface area contributed by atoms with Crippen molar-refractivity contribution in [2.75, 3.05) is 18.4 Å². The van der Waals surface area contributed by atoms with Crippen LogP contribution in [0, 0.1) is 5.82 Å². The molecule has 0 aliphatic carbocycles. The van der Waals surface area contributed by atoms with Gasteiger partial charge in [-0.05, 0) is 51.5 Å². The van der Waals surface area contributed by atoms with Gasteiger partial charge in [-0.1, -0.05) is 5.21 Å². The molecule has 2 aromatic rings. The fourth-order valence-corrected chi connectivity index (χ4v) is 2.91. The molecule has 2 N–H and O–H groups in total. The van der Waals surface area contributed by atoms with Gasteiger partial charge in [0.2, 0.25) is 0 Å². The minimum absolute atomic E-state index is 0.0770. The molecule has 0 saturated carbocycles. The third kappa shape index (κ3) is 4.78. The molecular weight excluding hydrogens is 335 g/mol. The standard InChI is InChI=1S/C18H25FN6O/c1-18(2,3)25-12-16(22-23-25)11-24-9-8-15(10-24)21-17(26)20-14-6-4-13(19)5-7-14/h4-7,12,15H,8-11H2,1-3H3,(H2,20,21,26). The van der Waals surface area contributed by atoms with Gasteiger partial charge in [0, 0.05) is 31.4 Å². The van der Waals surface area contributed by atoms with Gasteiger partial charge >= 0.3 is 6.03 Å². The van der Waals surface area contributed by atoms with E-state index in [-0.39, 0.29) is 23.4 Å². The first-order valence-electron chi connectivity index (χ1n) is 8.77. The normalized spacial score (nSPS) is 18.1. The molecular formula is C18H25FN6O. The Kier molecular flexibility index (Phi) is 5.22. The molecule has 1 aromatic heterocycles. The number of urea groups is 1. The van der Waals surface area contributed by atoms with Crippen LogP contribution in [-0.2, 0) is 12.1 Å². The van der Waals surface area contributed by atoms with Crippen LogP contribution in [0.4, 0.5) is 14.9 Å². The molecule has 0 bridgehead atoms. The van der Waals surface area contributed by atoms with Crippen LogP contribution in [0.1, 0.15) is 32.9 Å². The molecule has 8 heteroatoms. The number of carbonyl (C=O) groups excluding carboxylic acids is 1. The number of halogens is 1. The molecule has 0 spiro atoms. The number of anilines is 1. The summed E-state index contributed by atoms with van der Waals surface area (Å²) in [6, 6.07) is 5.51. The largest absolute Gasteiger partial charge is 0.334 e. The van der Waals surface area contributed by atoms with Crippen LogP contribution in [-0.4, -0.2) is 45.1 Å². The summed E-state index contributed by atoms with van der Waals surface area (Å²) in [5.41, 5.74) is 1.41. The van der Waals surface area contributed by atoms with Crippen LogP contribution >= 0.6 is 0 Å². The third-order valence-corrected chi connectivity index (χ3v) is 4.32. The van der Waals surface area contributed by atoms with Crippen molar-refractivity contribution in [1.82, 2.24) is 25.2 Å². The SMILES string of the molecule is CC(C)(C)n1cc(CN2CCC(NC(=O)Nc3ccc(F)cc3)C2)nn1. The van der Waals surface area contributed by atoms with Gasteiger partial charge in [0.25, 0.3) is 0 Å². The molecule has 7 nitrogen and oxygen atoms in total. The summed E-state index contributed by atoms with van der Waals surface area (Å²) in [4.78, 5) is 14.3. The zero-order valence-corrected chi connectivity index (χ0v) is 15.4. The number of nitrogens with zero attached hydrogens (tertiary/aromatic N) is 4. The fraction of sp³-hybridized carbons (Fsp3) is 0.500. The topological polar surface area (TPSA) is 75.1 Å². The minimum Gasteiger partial charge on any atom is -0.334 e. The van der Waals surface area contributed by atoms with Crippen LogP contribution < -0.4 is 10.6 Å². The zero-order chi connectivity index (χ0) is 18.7. The van der Waals surface area contributed by atoms with Gasteiger partial charge in [0.05, 0.1) is 17.4 Å². The Morgan fingerprint density at radius 2 is 2.04 bits per heavy atom. The van der Waals surface area contributed by atoms with E-state index in [2.05, 4.69) is 46.6 Å². The Labute approximate surface area is 152 Å². The Morgan fingerprint density at radius 3 is 2.69 bits per heavy atom. The van der Waals surface area contributed by atoms with Gasteiger partial charge in [-0.15, -0.1) is 5.10 Å². The van der Waals surface area contributed by atoms with E-state index in [1.807, 2.05) is 10.9 Å². The molecule has 140 valence electrons. The molecule has 26 heavy (non-hydrogen) atoms. The molecule has 3 rings (SSSR count). The number of benzene rings is 1. The lowest BCUT2D eigenvalue weighted by atomic mass is 10.1. The van der Waals surface area contributed by atoms with E-state index in [9.17, 15) is 9.18 Å². The van der Waals surface area contributed by atoms with E-state index >= 15 is 0 Å². The summed E-state index contributed by atoms with van der Waals surface area (Å²) in [6.07, 6.45) is 2.85. The van der Waals surface area contributed by atoms with Gasteiger partial charge in [0.15, 0.2) is 0 Å². The second kappa shape index (κ2) is 7.41. The van der Waals surface area contributed by atoms with Gasteiger partial charge in [-0.3, -0.25) is 4.90 Å². The lowest BCUT2D eigenvalue weighted by molar-refractivity contribution is 0.247. The van der Waals surface area contributed by atoms with E-state index < -0.39 is 0 Å². The molecule has 1 saturated heterocycles. The number of hydrogen-bond acceptors (Lipinski definition) is 4. The molecule has 1 fully saturated rings. The Bertz CT molecular complexity index is 752. The minimum atomic E-state index is -0.328. The predicted molar refractivity (Wildman–Crippen MR) is 97.3 cm³/mol. The van der Waals surface area contributed by atoms with Gasteiger partial charge < -0.3 is 10.6 Å². The van der Waals surface area contributed by atoms with Gasteiger partial charge in [-0.2, -0.15) is 0 Å². The summed E-state index contributed by atoms with van der Waals surface area (Å²) in [7, 11) is 0. The van der Waals surface area contributed by atoms with E-state index in [4.69, 9.17) is 0 Å². The Hall–Kier alpha value is -2.48. The quantitative estimate of drug-likeness (QED) is 0.879. The Balaban J connectivity index is 1.47. The average molecular weight is 360 g/mol. The maximum Gasteiger partial charge on any atom is 0.319 e. The average Bonchev–Trinajstić information content (AvgIpc) is 3.19. The molecule has 1 atom stereocenters. The number of rotatable bonds is 4. The highest BCUT2D eigenvalue weighted by atomic mass is 19.1. The molecule has 1 aromatic carbocycles. The number of nitrogens with one attached hydrogen (secondary N) is 2. The molecule has 1 aliphatic heterocycles. The fourth-order valence-electron chi connectivity index (χ4n) is 2.91.